The monoisotopic (exact) mass is 220 g/mol. The molecular formula is C13H16O3. The number of benzene rings is 1. The third-order valence-corrected chi connectivity index (χ3v) is 2.99. The topological polar surface area (TPSA) is 54.4 Å². The van der Waals surface area contributed by atoms with Crippen LogP contribution in [0.1, 0.15) is 30.5 Å². The van der Waals surface area contributed by atoms with Crippen molar-refractivity contribution in [1.82, 2.24) is 0 Å². The second kappa shape index (κ2) is 4.08. The first-order valence-electron chi connectivity index (χ1n) is 5.12. The van der Waals surface area contributed by atoms with E-state index in [-0.39, 0.29) is 0 Å². The highest BCUT2D eigenvalue weighted by atomic mass is 16.4. The van der Waals surface area contributed by atoms with Gasteiger partial charge in [0.25, 0.3) is 0 Å². The summed E-state index contributed by atoms with van der Waals surface area (Å²) in [6, 6.07) is 5.58. The summed E-state index contributed by atoms with van der Waals surface area (Å²) in [6.07, 6.45) is 0. The predicted octanol–water partition coefficient (Wildman–Crippen LogP) is 2.23. The Labute approximate surface area is 95.1 Å². The number of aliphatic carboxylic acids is 1. The number of hydrogen-bond donors (Lipinski definition) is 1. The average molecular weight is 220 g/mol. The van der Waals surface area contributed by atoms with Crippen LogP contribution in [0.3, 0.4) is 0 Å². The summed E-state index contributed by atoms with van der Waals surface area (Å²) in [7, 11) is 0. The molecule has 0 saturated heterocycles. The molecular weight excluding hydrogens is 204 g/mol. The minimum atomic E-state index is -1.39. The van der Waals surface area contributed by atoms with E-state index >= 15 is 0 Å². The minimum absolute atomic E-state index is 0.739. The number of aryl methyl sites for hydroxylation is 2. The van der Waals surface area contributed by atoms with Crippen molar-refractivity contribution in [1.29, 1.82) is 0 Å². The quantitative estimate of drug-likeness (QED) is 0.795. The Morgan fingerprint density at radius 2 is 1.69 bits per heavy atom. The Bertz CT molecular complexity index is 444. The van der Waals surface area contributed by atoms with E-state index in [1.165, 1.54) is 0 Å². The Morgan fingerprint density at radius 3 is 2.12 bits per heavy atom. The first kappa shape index (κ1) is 12.4. The third-order valence-electron chi connectivity index (χ3n) is 2.99. The molecule has 0 aliphatic heterocycles. The molecule has 0 aliphatic rings. The largest absolute Gasteiger partial charge is 0.475 e. The molecule has 0 unspecified atom stereocenters. The molecule has 0 amide bonds. The zero-order valence-corrected chi connectivity index (χ0v) is 10.00. The summed E-state index contributed by atoms with van der Waals surface area (Å²) < 4.78 is 0. The first-order chi connectivity index (χ1) is 7.26. The second-order valence-electron chi connectivity index (χ2n) is 4.56. The van der Waals surface area contributed by atoms with Crippen LogP contribution in [0.25, 0.3) is 0 Å². The summed E-state index contributed by atoms with van der Waals surface area (Å²) in [4.78, 5) is 22.3. The van der Waals surface area contributed by atoms with Gasteiger partial charge in [-0.25, -0.2) is 4.79 Å². The number of carbonyl (C=O) groups is 2. The highest BCUT2D eigenvalue weighted by Gasteiger charge is 2.34. The van der Waals surface area contributed by atoms with Gasteiger partial charge in [0.1, 0.15) is 0 Å². The van der Waals surface area contributed by atoms with Crippen LogP contribution < -0.4 is 0 Å². The van der Waals surface area contributed by atoms with Crippen LogP contribution in [0, 0.1) is 13.8 Å². The van der Waals surface area contributed by atoms with E-state index in [9.17, 15) is 9.59 Å². The Balaban J connectivity index is 3.21. The highest BCUT2D eigenvalue weighted by Crippen LogP contribution is 2.26. The maximum Gasteiger partial charge on any atom is 0.373 e. The van der Waals surface area contributed by atoms with Crippen LogP contribution in [0.2, 0.25) is 0 Å². The summed E-state index contributed by atoms with van der Waals surface area (Å²) in [5, 5.41) is 8.75. The van der Waals surface area contributed by atoms with Gasteiger partial charge in [0.2, 0.25) is 5.78 Å². The van der Waals surface area contributed by atoms with Crippen molar-refractivity contribution < 1.29 is 14.7 Å². The molecule has 1 aromatic carbocycles. The van der Waals surface area contributed by atoms with Crippen molar-refractivity contribution in [2.24, 2.45) is 0 Å². The summed E-state index contributed by atoms with van der Waals surface area (Å²) in [6.45, 7) is 7.19. The van der Waals surface area contributed by atoms with E-state index in [1.54, 1.807) is 13.8 Å². The summed E-state index contributed by atoms with van der Waals surface area (Å²) >= 11 is 0. The first-order valence-corrected chi connectivity index (χ1v) is 5.12. The lowest BCUT2D eigenvalue weighted by Gasteiger charge is -2.22. The van der Waals surface area contributed by atoms with Gasteiger partial charge in [0.15, 0.2) is 0 Å². The lowest BCUT2D eigenvalue weighted by molar-refractivity contribution is -0.151. The van der Waals surface area contributed by atoms with E-state index in [0.717, 1.165) is 16.7 Å². The number of Topliss-reactive ketones (excluding diaryl/α,β-unsaturated/α-hetero) is 1. The van der Waals surface area contributed by atoms with Gasteiger partial charge >= 0.3 is 5.97 Å². The lowest BCUT2D eigenvalue weighted by Crippen LogP contribution is -2.35. The van der Waals surface area contributed by atoms with Gasteiger partial charge in [-0.2, -0.15) is 0 Å². The molecule has 1 aromatic rings. The van der Waals surface area contributed by atoms with Crippen molar-refractivity contribution in [2.75, 3.05) is 0 Å². The smallest absolute Gasteiger partial charge is 0.373 e. The van der Waals surface area contributed by atoms with Crippen LogP contribution in [0.15, 0.2) is 18.2 Å². The molecule has 0 fully saturated rings. The fourth-order valence-electron chi connectivity index (χ4n) is 1.53. The van der Waals surface area contributed by atoms with Crippen molar-refractivity contribution in [3.8, 4) is 0 Å². The van der Waals surface area contributed by atoms with Gasteiger partial charge in [-0.15, -0.1) is 0 Å². The number of carbonyl (C=O) groups excluding carboxylic acids is 1. The SMILES string of the molecule is Cc1ccc(C(C)(C)C(=O)C(=O)O)cc1C. The minimum Gasteiger partial charge on any atom is -0.475 e. The molecule has 0 spiro atoms. The van der Waals surface area contributed by atoms with Gasteiger partial charge in [-0.3, -0.25) is 4.79 Å². The molecule has 3 heteroatoms. The maximum atomic E-state index is 11.6. The van der Waals surface area contributed by atoms with Gasteiger partial charge in [0.05, 0.1) is 5.41 Å². The van der Waals surface area contributed by atoms with E-state index in [4.69, 9.17) is 5.11 Å². The normalized spacial score (nSPS) is 11.2. The van der Waals surface area contributed by atoms with Crippen molar-refractivity contribution >= 4 is 11.8 Å². The van der Waals surface area contributed by atoms with Crippen LogP contribution in [-0.2, 0) is 15.0 Å². The lowest BCUT2D eigenvalue weighted by atomic mass is 9.79. The number of carboxylic acid groups (broad SMARTS) is 1. The summed E-state index contributed by atoms with van der Waals surface area (Å²) in [5.41, 5.74) is 1.94. The predicted molar refractivity (Wildman–Crippen MR) is 61.6 cm³/mol. The molecule has 0 atom stereocenters. The molecule has 86 valence electrons. The van der Waals surface area contributed by atoms with Crippen LogP contribution in [0.5, 0.6) is 0 Å². The van der Waals surface area contributed by atoms with Gasteiger partial charge < -0.3 is 5.11 Å². The zero-order valence-electron chi connectivity index (χ0n) is 10.00. The zero-order chi connectivity index (χ0) is 12.5. The molecule has 0 aromatic heterocycles. The van der Waals surface area contributed by atoms with Gasteiger partial charge in [-0.1, -0.05) is 18.2 Å². The van der Waals surface area contributed by atoms with E-state index in [2.05, 4.69) is 0 Å². The van der Waals surface area contributed by atoms with Crippen molar-refractivity contribution in [2.45, 2.75) is 33.1 Å². The molecule has 0 heterocycles. The van der Waals surface area contributed by atoms with Crippen LogP contribution in [0.4, 0.5) is 0 Å². The molecule has 0 aliphatic carbocycles. The maximum absolute atomic E-state index is 11.6. The Morgan fingerprint density at radius 1 is 1.12 bits per heavy atom. The molecule has 0 radical (unpaired) electrons. The number of ketones is 1. The van der Waals surface area contributed by atoms with E-state index < -0.39 is 17.2 Å². The molecule has 1 N–H and O–H groups in total. The second-order valence-corrected chi connectivity index (χ2v) is 4.56. The van der Waals surface area contributed by atoms with Gasteiger partial charge in [0, 0.05) is 0 Å². The van der Waals surface area contributed by atoms with Crippen molar-refractivity contribution in [3.63, 3.8) is 0 Å². The van der Waals surface area contributed by atoms with E-state index in [0.29, 0.717) is 0 Å². The van der Waals surface area contributed by atoms with Gasteiger partial charge in [-0.05, 0) is 44.4 Å². The Hall–Kier alpha value is -1.64. The fourth-order valence-corrected chi connectivity index (χ4v) is 1.53. The van der Waals surface area contributed by atoms with E-state index in [1.807, 2.05) is 32.0 Å². The molecule has 1 rings (SSSR count). The number of rotatable bonds is 3. The highest BCUT2D eigenvalue weighted by molar-refractivity contribution is 6.36. The number of carboxylic acids is 1. The fraction of sp³-hybridized carbons (Fsp3) is 0.385. The van der Waals surface area contributed by atoms with Crippen LogP contribution in [-0.4, -0.2) is 16.9 Å². The standard InChI is InChI=1S/C13H16O3/c1-8-5-6-10(7-9(8)2)13(3,4)11(14)12(15)16/h5-7H,1-4H3,(H,15,16). The average Bonchev–Trinajstić information content (AvgIpc) is 2.20. The Kier molecular flexibility index (Phi) is 3.17. The van der Waals surface area contributed by atoms with Crippen LogP contribution >= 0.6 is 0 Å². The molecule has 16 heavy (non-hydrogen) atoms. The third kappa shape index (κ3) is 2.13. The molecule has 0 saturated carbocycles. The summed E-state index contributed by atoms with van der Waals surface area (Å²) in [5.74, 6) is -2.17. The van der Waals surface area contributed by atoms with Crippen molar-refractivity contribution in [3.05, 3.63) is 34.9 Å². The molecule has 3 nitrogen and oxygen atoms in total. The molecule has 0 bridgehead atoms. The number of hydrogen-bond acceptors (Lipinski definition) is 2.